The largest absolute Gasteiger partial charge is 0.366 e. The zero-order chi connectivity index (χ0) is 19.6. The van der Waals surface area contributed by atoms with Gasteiger partial charge in [0.05, 0.1) is 16.7 Å². The van der Waals surface area contributed by atoms with E-state index in [1.807, 2.05) is 18.4 Å². The van der Waals surface area contributed by atoms with Crippen LogP contribution in [0.25, 0.3) is 11.0 Å². The first-order valence-corrected chi connectivity index (χ1v) is 8.77. The van der Waals surface area contributed by atoms with Crippen molar-refractivity contribution in [3.63, 3.8) is 0 Å². The minimum absolute atomic E-state index is 0.292. The van der Waals surface area contributed by atoms with E-state index in [1.54, 1.807) is 35.0 Å². The zero-order valence-corrected chi connectivity index (χ0v) is 15.4. The van der Waals surface area contributed by atoms with Gasteiger partial charge in [-0.3, -0.25) is 19.6 Å². The lowest BCUT2D eigenvalue weighted by atomic mass is 10.2. The molecule has 0 saturated carbocycles. The number of carbonyl (C=O) groups excluding carboxylic acids is 2. The third-order valence-electron chi connectivity index (χ3n) is 4.29. The fraction of sp³-hybridized carbons (Fsp3) is 0.263. The van der Waals surface area contributed by atoms with E-state index < -0.39 is 5.91 Å². The molecule has 8 heteroatoms. The van der Waals surface area contributed by atoms with Crippen LogP contribution in [0.15, 0.2) is 36.9 Å². The molecule has 1 aromatic carbocycles. The molecule has 0 unspecified atom stereocenters. The van der Waals surface area contributed by atoms with Crippen LogP contribution in [0.4, 0.5) is 5.95 Å². The van der Waals surface area contributed by atoms with Gasteiger partial charge in [0.2, 0.25) is 11.9 Å². The molecule has 3 N–H and O–H groups in total. The number of primary amides is 1. The van der Waals surface area contributed by atoms with Gasteiger partial charge in [-0.05, 0) is 37.6 Å². The van der Waals surface area contributed by atoms with Gasteiger partial charge in [0.15, 0.2) is 0 Å². The van der Waals surface area contributed by atoms with Crippen LogP contribution in [0, 0.1) is 0 Å². The summed E-state index contributed by atoms with van der Waals surface area (Å²) in [6.07, 6.45) is 2.46. The highest BCUT2D eigenvalue weighted by Crippen LogP contribution is 2.22. The van der Waals surface area contributed by atoms with Gasteiger partial charge in [0.1, 0.15) is 5.69 Å². The quantitative estimate of drug-likeness (QED) is 0.626. The third kappa shape index (κ3) is 3.46. The van der Waals surface area contributed by atoms with E-state index in [1.165, 1.54) is 0 Å². The summed E-state index contributed by atoms with van der Waals surface area (Å²) >= 11 is 0. The second kappa shape index (κ2) is 7.45. The Balaban J connectivity index is 2.01. The number of amides is 2. The lowest BCUT2D eigenvalue weighted by Crippen LogP contribution is -2.19. The van der Waals surface area contributed by atoms with Crippen LogP contribution in [-0.2, 0) is 19.5 Å². The summed E-state index contributed by atoms with van der Waals surface area (Å²) in [6.45, 7) is 8.73. The lowest BCUT2D eigenvalue weighted by molar-refractivity contribution is 0.0996. The average Bonchev–Trinajstić information content (AvgIpc) is 3.23. The number of benzene rings is 1. The summed E-state index contributed by atoms with van der Waals surface area (Å²) in [5.41, 5.74) is 8.38. The molecule has 0 aliphatic carbocycles. The number of allylic oxidation sites excluding steroid dienone is 1. The van der Waals surface area contributed by atoms with E-state index >= 15 is 0 Å². The highest BCUT2D eigenvalue weighted by Gasteiger charge is 2.18. The molecule has 0 fully saturated rings. The predicted octanol–water partition coefficient (Wildman–Crippen LogP) is 2.35. The fourth-order valence-electron chi connectivity index (χ4n) is 2.92. The van der Waals surface area contributed by atoms with Crippen molar-refractivity contribution in [2.45, 2.75) is 33.4 Å². The summed E-state index contributed by atoms with van der Waals surface area (Å²) in [4.78, 5) is 28.7. The number of rotatable bonds is 7. The maximum Gasteiger partial charge on any atom is 0.276 e. The van der Waals surface area contributed by atoms with E-state index in [0.29, 0.717) is 35.8 Å². The minimum Gasteiger partial charge on any atom is -0.366 e. The number of nitrogens with zero attached hydrogens (tertiary/aromatic N) is 4. The fourth-order valence-corrected chi connectivity index (χ4v) is 2.92. The van der Waals surface area contributed by atoms with Gasteiger partial charge in [-0.1, -0.05) is 13.0 Å². The van der Waals surface area contributed by atoms with Crippen LogP contribution in [0.5, 0.6) is 0 Å². The van der Waals surface area contributed by atoms with Gasteiger partial charge in [-0.2, -0.15) is 5.10 Å². The molecule has 2 amide bonds. The number of aromatic nitrogens is 4. The average molecular weight is 366 g/mol. The number of nitrogens with two attached hydrogens (primary N) is 1. The SMILES string of the molecule is C=CCn1c(NC(=O)c2cc(CC)nn2CC)nc2cc(C(N)=O)ccc21. The topological polar surface area (TPSA) is 108 Å². The molecule has 0 bridgehead atoms. The number of nitrogens with one attached hydrogen (secondary N) is 1. The molecule has 0 saturated heterocycles. The number of imidazole rings is 1. The highest BCUT2D eigenvalue weighted by molar-refractivity contribution is 6.03. The van der Waals surface area contributed by atoms with Gasteiger partial charge >= 0.3 is 0 Å². The standard InChI is InChI=1S/C19H22N6O2/c1-4-9-24-15-8-7-12(17(20)26)10-14(15)21-19(24)22-18(27)16-11-13(5-2)23-25(16)6-3/h4,7-8,10-11H,1,5-6,9H2,2-3H3,(H2,20,26)(H,21,22,27). The maximum atomic E-state index is 12.8. The zero-order valence-electron chi connectivity index (χ0n) is 15.4. The molecule has 0 aliphatic rings. The minimum atomic E-state index is -0.528. The molecule has 0 radical (unpaired) electrons. The molecular weight excluding hydrogens is 344 g/mol. The van der Waals surface area contributed by atoms with E-state index in [9.17, 15) is 9.59 Å². The van der Waals surface area contributed by atoms with Crippen molar-refractivity contribution in [1.29, 1.82) is 0 Å². The van der Waals surface area contributed by atoms with Crippen molar-refractivity contribution in [3.05, 3.63) is 53.9 Å². The second-order valence-electron chi connectivity index (χ2n) is 6.05. The molecule has 0 aliphatic heterocycles. The number of carbonyl (C=O) groups is 2. The Labute approximate surface area is 156 Å². The van der Waals surface area contributed by atoms with Gasteiger partial charge in [-0.15, -0.1) is 6.58 Å². The van der Waals surface area contributed by atoms with Gasteiger partial charge < -0.3 is 10.3 Å². The lowest BCUT2D eigenvalue weighted by Gasteiger charge is -2.08. The molecular formula is C19H22N6O2. The van der Waals surface area contributed by atoms with E-state index in [2.05, 4.69) is 22.0 Å². The Morgan fingerprint density at radius 3 is 2.70 bits per heavy atom. The van der Waals surface area contributed by atoms with Gasteiger partial charge in [-0.25, -0.2) is 4.98 Å². The molecule has 0 atom stereocenters. The second-order valence-corrected chi connectivity index (χ2v) is 6.05. The molecule has 3 rings (SSSR count). The number of hydrogen-bond donors (Lipinski definition) is 2. The Kier molecular flexibility index (Phi) is 5.07. The number of anilines is 1. The van der Waals surface area contributed by atoms with Crippen LogP contribution < -0.4 is 11.1 Å². The Morgan fingerprint density at radius 1 is 1.30 bits per heavy atom. The monoisotopic (exact) mass is 366 g/mol. The van der Waals surface area contributed by atoms with Crippen LogP contribution >= 0.6 is 0 Å². The predicted molar refractivity (Wildman–Crippen MR) is 104 cm³/mol. The van der Waals surface area contributed by atoms with Gasteiger partial charge in [0, 0.05) is 18.7 Å². The summed E-state index contributed by atoms with van der Waals surface area (Å²) in [5.74, 6) is -0.446. The molecule has 2 heterocycles. The number of hydrogen-bond acceptors (Lipinski definition) is 4. The van der Waals surface area contributed by atoms with E-state index in [-0.39, 0.29) is 5.91 Å². The molecule has 27 heavy (non-hydrogen) atoms. The normalized spacial score (nSPS) is 10.9. The maximum absolute atomic E-state index is 12.8. The van der Waals surface area contributed by atoms with Crippen molar-refractivity contribution in [2.24, 2.45) is 5.73 Å². The van der Waals surface area contributed by atoms with E-state index in [0.717, 1.165) is 17.6 Å². The third-order valence-corrected chi connectivity index (χ3v) is 4.29. The number of aryl methyl sites for hydroxylation is 2. The van der Waals surface area contributed by atoms with Crippen LogP contribution in [0.3, 0.4) is 0 Å². The van der Waals surface area contributed by atoms with Crippen molar-refractivity contribution in [1.82, 2.24) is 19.3 Å². The van der Waals surface area contributed by atoms with Gasteiger partial charge in [0.25, 0.3) is 5.91 Å². The molecule has 2 aromatic heterocycles. The molecule has 140 valence electrons. The first kappa shape index (κ1) is 18.4. The van der Waals surface area contributed by atoms with Crippen LogP contribution in [0.2, 0.25) is 0 Å². The molecule has 0 spiro atoms. The molecule has 8 nitrogen and oxygen atoms in total. The summed E-state index contributed by atoms with van der Waals surface area (Å²) < 4.78 is 3.48. The summed E-state index contributed by atoms with van der Waals surface area (Å²) in [7, 11) is 0. The van der Waals surface area contributed by atoms with Crippen molar-refractivity contribution < 1.29 is 9.59 Å². The van der Waals surface area contributed by atoms with Crippen molar-refractivity contribution in [3.8, 4) is 0 Å². The van der Waals surface area contributed by atoms with Crippen molar-refractivity contribution >= 4 is 28.8 Å². The van der Waals surface area contributed by atoms with Crippen LogP contribution in [-0.4, -0.2) is 31.1 Å². The smallest absolute Gasteiger partial charge is 0.276 e. The van der Waals surface area contributed by atoms with Crippen molar-refractivity contribution in [2.75, 3.05) is 5.32 Å². The van der Waals surface area contributed by atoms with E-state index in [4.69, 9.17) is 5.73 Å². The first-order chi connectivity index (χ1) is 13.0. The Hall–Kier alpha value is -3.42. The number of fused-ring (bicyclic) bond motifs is 1. The van der Waals surface area contributed by atoms with Crippen LogP contribution in [0.1, 0.15) is 40.4 Å². The summed E-state index contributed by atoms with van der Waals surface area (Å²) in [6, 6.07) is 6.78. The molecule has 3 aromatic rings. The Bertz CT molecular complexity index is 1030. The summed E-state index contributed by atoms with van der Waals surface area (Å²) in [5, 5.41) is 7.25. The highest BCUT2D eigenvalue weighted by atomic mass is 16.2. The Morgan fingerprint density at radius 2 is 2.07 bits per heavy atom. The first-order valence-electron chi connectivity index (χ1n) is 8.77.